The predicted octanol–water partition coefficient (Wildman–Crippen LogP) is 2.23. The molecule has 1 N–H and O–H groups in total. The molecule has 1 aromatic rings. The molecule has 8 nitrogen and oxygen atoms in total. The number of fused-ring (bicyclic) bond motifs is 1. The normalized spacial score (nSPS) is 26.4. The average Bonchev–Trinajstić information content (AvgIpc) is 3.06. The van der Waals surface area contributed by atoms with E-state index in [1.54, 1.807) is 36.3 Å². The van der Waals surface area contributed by atoms with Crippen LogP contribution in [0, 0.1) is 5.92 Å². The SMILES string of the molecule is COc1ccc(N2C(=O)N[C@H](CC(=O)N(C)C[C@H]3CCCN4CCCC[C@H]34)C2=O)cc1. The van der Waals surface area contributed by atoms with Gasteiger partial charge in [-0.05, 0) is 69.0 Å². The minimum absolute atomic E-state index is 0.0190. The zero-order chi connectivity index (χ0) is 22.0. The summed E-state index contributed by atoms with van der Waals surface area (Å²) in [6.07, 6.45) is 6.04. The Morgan fingerprint density at radius 3 is 2.61 bits per heavy atom. The molecular weight excluding hydrogens is 396 g/mol. The molecule has 8 heteroatoms. The molecule has 0 unspecified atom stereocenters. The molecule has 0 saturated carbocycles. The van der Waals surface area contributed by atoms with Crippen LogP contribution in [0.15, 0.2) is 24.3 Å². The Hall–Kier alpha value is -2.61. The maximum Gasteiger partial charge on any atom is 0.329 e. The summed E-state index contributed by atoms with van der Waals surface area (Å²) in [6.45, 7) is 3.04. The molecule has 0 aromatic heterocycles. The third-order valence-electron chi connectivity index (χ3n) is 6.89. The fraction of sp³-hybridized carbons (Fsp3) is 0.609. The van der Waals surface area contributed by atoms with Gasteiger partial charge in [0, 0.05) is 19.6 Å². The summed E-state index contributed by atoms with van der Waals surface area (Å²) in [5, 5.41) is 2.67. The Morgan fingerprint density at radius 2 is 1.87 bits per heavy atom. The molecule has 3 aliphatic heterocycles. The van der Waals surface area contributed by atoms with Gasteiger partial charge < -0.3 is 19.9 Å². The summed E-state index contributed by atoms with van der Waals surface area (Å²) in [7, 11) is 3.37. The number of hydrogen-bond donors (Lipinski definition) is 1. The summed E-state index contributed by atoms with van der Waals surface area (Å²) in [4.78, 5) is 43.6. The van der Waals surface area contributed by atoms with Crippen molar-refractivity contribution in [3.8, 4) is 5.75 Å². The topological polar surface area (TPSA) is 82.2 Å². The number of urea groups is 1. The zero-order valence-corrected chi connectivity index (χ0v) is 18.4. The molecule has 1 aromatic carbocycles. The van der Waals surface area contributed by atoms with Crippen LogP contribution in [-0.2, 0) is 9.59 Å². The summed E-state index contributed by atoms with van der Waals surface area (Å²) in [5.41, 5.74) is 0.464. The smallest absolute Gasteiger partial charge is 0.329 e. The monoisotopic (exact) mass is 428 g/mol. The highest BCUT2D eigenvalue weighted by molar-refractivity contribution is 6.22. The van der Waals surface area contributed by atoms with E-state index in [0.29, 0.717) is 29.9 Å². The molecule has 0 spiro atoms. The summed E-state index contributed by atoms with van der Waals surface area (Å²) in [5.74, 6) is 0.618. The van der Waals surface area contributed by atoms with Gasteiger partial charge in [-0.1, -0.05) is 6.42 Å². The molecule has 168 valence electrons. The second kappa shape index (κ2) is 9.26. The van der Waals surface area contributed by atoms with Crippen LogP contribution in [0.25, 0.3) is 0 Å². The van der Waals surface area contributed by atoms with Crippen molar-refractivity contribution in [2.24, 2.45) is 5.92 Å². The number of carbonyl (C=O) groups excluding carboxylic acids is 3. The number of carbonyl (C=O) groups is 3. The molecule has 31 heavy (non-hydrogen) atoms. The van der Waals surface area contributed by atoms with Gasteiger partial charge in [0.05, 0.1) is 19.2 Å². The van der Waals surface area contributed by atoms with E-state index in [9.17, 15) is 14.4 Å². The second-order valence-corrected chi connectivity index (χ2v) is 8.85. The van der Waals surface area contributed by atoms with E-state index in [2.05, 4.69) is 10.2 Å². The van der Waals surface area contributed by atoms with E-state index in [1.807, 2.05) is 7.05 Å². The van der Waals surface area contributed by atoms with Gasteiger partial charge in [-0.3, -0.25) is 9.59 Å². The Bertz CT molecular complexity index is 825. The lowest BCUT2D eigenvalue weighted by Crippen LogP contribution is -2.51. The van der Waals surface area contributed by atoms with Gasteiger partial charge in [-0.2, -0.15) is 0 Å². The molecule has 0 bridgehead atoms. The molecule has 4 amide bonds. The number of rotatable bonds is 6. The highest BCUT2D eigenvalue weighted by atomic mass is 16.5. The Morgan fingerprint density at radius 1 is 1.13 bits per heavy atom. The number of nitrogens with zero attached hydrogens (tertiary/aromatic N) is 3. The van der Waals surface area contributed by atoms with Crippen molar-refractivity contribution in [2.45, 2.75) is 50.6 Å². The van der Waals surface area contributed by atoms with E-state index in [4.69, 9.17) is 4.74 Å². The van der Waals surface area contributed by atoms with Gasteiger partial charge in [-0.15, -0.1) is 0 Å². The largest absolute Gasteiger partial charge is 0.497 e. The van der Waals surface area contributed by atoms with Crippen LogP contribution < -0.4 is 15.0 Å². The van der Waals surface area contributed by atoms with Crippen molar-refractivity contribution in [3.63, 3.8) is 0 Å². The van der Waals surface area contributed by atoms with Gasteiger partial charge >= 0.3 is 6.03 Å². The first-order valence-electron chi connectivity index (χ1n) is 11.2. The second-order valence-electron chi connectivity index (χ2n) is 8.85. The minimum atomic E-state index is -0.831. The Kier molecular flexibility index (Phi) is 6.46. The number of anilines is 1. The number of amides is 4. The quantitative estimate of drug-likeness (QED) is 0.703. The minimum Gasteiger partial charge on any atom is -0.497 e. The standard InChI is InChI=1S/C23H32N4O4/c1-25(15-16-6-5-13-26-12-4-3-7-20(16)26)21(28)14-19-22(29)27(23(30)24-19)17-8-10-18(31-2)11-9-17/h8-11,16,19-20H,3-7,12-15H2,1-2H3,(H,24,30)/t16-,19-,20-/m1/s1. The first-order valence-corrected chi connectivity index (χ1v) is 11.2. The fourth-order valence-corrected chi connectivity index (χ4v) is 5.22. The first kappa shape index (κ1) is 21.6. The Balaban J connectivity index is 1.35. The van der Waals surface area contributed by atoms with Crippen LogP contribution in [-0.4, -0.2) is 73.5 Å². The predicted molar refractivity (Wildman–Crippen MR) is 117 cm³/mol. The maximum absolute atomic E-state index is 12.9. The van der Waals surface area contributed by atoms with Crippen LogP contribution in [0.1, 0.15) is 38.5 Å². The van der Waals surface area contributed by atoms with Gasteiger partial charge in [0.25, 0.3) is 5.91 Å². The van der Waals surface area contributed by atoms with Gasteiger partial charge in [0.15, 0.2) is 0 Å². The first-order chi connectivity index (χ1) is 15.0. The van der Waals surface area contributed by atoms with Crippen LogP contribution in [0.4, 0.5) is 10.5 Å². The summed E-state index contributed by atoms with van der Waals surface area (Å²) < 4.78 is 5.12. The van der Waals surface area contributed by atoms with Crippen LogP contribution >= 0.6 is 0 Å². The van der Waals surface area contributed by atoms with Gasteiger partial charge in [0.2, 0.25) is 5.91 Å². The molecule has 3 saturated heterocycles. The molecular formula is C23H32N4O4. The van der Waals surface area contributed by atoms with Crippen LogP contribution in [0.3, 0.4) is 0 Å². The highest BCUT2D eigenvalue weighted by Crippen LogP contribution is 2.31. The van der Waals surface area contributed by atoms with Crippen LogP contribution in [0.5, 0.6) is 5.75 Å². The lowest BCUT2D eigenvalue weighted by atomic mass is 9.83. The van der Waals surface area contributed by atoms with Crippen molar-refractivity contribution in [1.29, 1.82) is 0 Å². The number of imide groups is 1. The highest BCUT2D eigenvalue weighted by Gasteiger charge is 2.41. The molecule has 4 rings (SSSR count). The van der Waals surface area contributed by atoms with E-state index in [1.165, 1.54) is 38.8 Å². The zero-order valence-electron chi connectivity index (χ0n) is 18.4. The number of hydrogen-bond acceptors (Lipinski definition) is 5. The van der Waals surface area contributed by atoms with Crippen molar-refractivity contribution in [2.75, 3.05) is 38.7 Å². The maximum atomic E-state index is 12.9. The molecule has 0 radical (unpaired) electrons. The lowest BCUT2D eigenvalue weighted by Gasteiger charge is -2.45. The van der Waals surface area contributed by atoms with Crippen molar-refractivity contribution < 1.29 is 19.1 Å². The van der Waals surface area contributed by atoms with Crippen molar-refractivity contribution in [1.82, 2.24) is 15.1 Å². The van der Waals surface area contributed by atoms with Crippen molar-refractivity contribution >= 4 is 23.5 Å². The number of piperidine rings is 2. The van der Waals surface area contributed by atoms with E-state index < -0.39 is 18.0 Å². The van der Waals surface area contributed by atoms with E-state index >= 15 is 0 Å². The fourth-order valence-electron chi connectivity index (χ4n) is 5.22. The average molecular weight is 429 g/mol. The van der Waals surface area contributed by atoms with Gasteiger partial charge in [0.1, 0.15) is 11.8 Å². The molecule has 3 fully saturated rings. The number of methoxy groups -OCH3 is 1. The number of nitrogens with one attached hydrogen (secondary N) is 1. The number of benzene rings is 1. The molecule has 3 atom stereocenters. The number of ether oxygens (including phenoxy) is 1. The van der Waals surface area contributed by atoms with E-state index in [0.717, 1.165) is 11.3 Å². The summed E-state index contributed by atoms with van der Waals surface area (Å²) in [6, 6.07) is 5.94. The van der Waals surface area contributed by atoms with Crippen LogP contribution in [0.2, 0.25) is 0 Å². The third kappa shape index (κ3) is 4.54. The van der Waals surface area contributed by atoms with Crippen molar-refractivity contribution in [3.05, 3.63) is 24.3 Å². The van der Waals surface area contributed by atoms with Gasteiger partial charge in [-0.25, -0.2) is 9.69 Å². The Labute approximate surface area is 183 Å². The summed E-state index contributed by atoms with van der Waals surface area (Å²) >= 11 is 0. The molecule has 3 aliphatic rings. The van der Waals surface area contributed by atoms with E-state index in [-0.39, 0.29) is 12.3 Å². The lowest BCUT2D eigenvalue weighted by molar-refractivity contribution is -0.133. The molecule has 3 heterocycles. The third-order valence-corrected chi connectivity index (χ3v) is 6.89. The molecule has 0 aliphatic carbocycles.